The Balaban J connectivity index is 1.80. The molecule has 0 aliphatic carbocycles. The summed E-state index contributed by atoms with van der Waals surface area (Å²) in [7, 11) is 0. The van der Waals surface area contributed by atoms with E-state index in [0.717, 1.165) is 19.5 Å². The maximum atomic E-state index is 12.5. The molecule has 0 aromatic heterocycles. The van der Waals surface area contributed by atoms with E-state index in [-0.39, 0.29) is 6.03 Å². The Labute approximate surface area is 126 Å². The number of carboxylic acids is 1. The molecule has 6 nitrogen and oxygen atoms in total. The van der Waals surface area contributed by atoms with E-state index in [1.54, 1.807) is 6.92 Å². The van der Waals surface area contributed by atoms with Crippen molar-refractivity contribution in [3.63, 3.8) is 0 Å². The number of piperazine rings is 1. The third-order valence-electron chi connectivity index (χ3n) is 4.74. The van der Waals surface area contributed by atoms with Crippen molar-refractivity contribution in [1.29, 1.82) is 0 Å². The highest BCUT2D eigenvalue weighted by atomic mass is 16.4. The van der Waals surface area contributed by atoms with Crippen LogP contribution in [0.15, 0.2) is 0 Å². The first-order chi connectivity index (χ1) is 10.0. The number of amides is 2. The van der Waals surface area contributed by atoms with E-state index in [4.69, 9.17) is 5.11 Å². The molecule has 120 valence electrons. The van der Waals surface area contributed by atoms with Gasteiger partial charge < -0.3 is 14.9 Å². The number of carboxylic acid groups (broad SMARTS) is 1. The molecule has 2 atom stereocenters. The quantitative estimate of drug-likeness (QED) is 0.850. The van der Waals surface area contributed by atoms with E-state index >= 15 is 0 Å². The van der Waals surface area contributed by atoms with Crippen molar-refractivity contribution in [1.82, 2.24) is 14.7 Å². The molecule has 2 heterocycles. The fourth-order valence-corrected chi connectivity index (χ4v) is 3.31. The fourth-order valence-electron chi connectivity index (χ4n) is 3.31. The maximum Gasteiger partial charge on any atom is 0.320 e. The molecule has 0 aromatic rings. The van der Waals surface area contributed by atoms with E-state index in [1.807, 2.05) is 14.7 Å². The van der Waals surface area contributed by atoms with Gasteiger partial charge in [-0.2, -0.15) is 0 Å². The topological polar surface area (TPSA) is 64.1 Å². The van der Waals surface area contributed by atoms with Crippen LogP contribution in [0, 0.1) is 5.92 Å². The molecule has 2 amide bonds. The summed E-state index contributed by atoms with van der Waals surface area (Å²) in [6, 6.07) is -0.334. The number of carbonyl (C=O) groups excluding carboxylic acids is 1. The number of rotatable bonds is 4. The zero-order valence-electron chi connectivity index (χ0n) is 13.1. The Morgan fingerprint density at radius 3 is 2.38 bits per heavy atom. The van der Waals surface area contributed by atoms with Crippen LogP contribution in [0.5, 0.6) is 0 Å². The summed E-state index contributed by atoms with van der Waals surface area (Å²) in [5.74, 6) is -0.135. The monoisotopic (exact) mass is 297 g/mol. The van der Waals surface area contributed by atoms with Crippen molar-refractivity contribution in [3.8, 4) is 0 Å². The lowest BCUT2D eigenvalue weighted by molar-refractivity contribution is -0.143. The molecule has 2 unspecified atom stereocenters. The van der Waals surface area contributed by atoms with Crippen molar-refractivity contribution in [3.05, 3.63) is 0 Å². The number of carbonyl (C=O) groups is 2. The minimum absolute atomic E-state index is 0.135. The normalized spacial score (nSPS) is 25.1. The van der Waals surface area contributed by atoms with Crippen molar-refractivity contribution < 1.29 is 14.7 Å². The molecular formula is C15H27N3O3. The fraction of sp³-hybridized carbons (Fsp3) is 0.867. The van der Waals surface area contributed by atoms with Gasteiger partial charge in [0.1, 0.15) is 6.04 Å². The molecule has 2 fully saturated rings. The highest BCUT2D eigenvalue weighted by molar-refractivity contribution is 5.75. The second-order valence-electron chi connectivity index (χ2n) is 6.21. The van der Waals surface area contributed by atoms with Gasteiger partial charge in [0.05, 0.1) is 0 Å². The van der Waals surface area contributed by atoms with Crippen LogP contribution in [0.2, 0.25) is 0 Å². The first-order valence-electron chi connectivity index (χ1n) is 8.03. The van der Waals surface area contributed by atoms with Gasteiger partial charge in [0.2, 0.25) is 0 Å². The molecule has 1 N–H and O–H groups in total. The summed E-state index contributed by atoms with van der Waals surface area (Å²) >= 11 is 0. The lowest BCUT2D eigenvalue weighted by atomic mass is 10.0. The summed E-state index contributed by atoms with van der Waals surface area (Å²) in [4.78, 5) is 29.2. The minimum Gasteiger partial charge on any atom is -0.480 e. The molecule has 21 heavy (non-hydrogen) atoms. The summed E-state index contributed by atoms with van der Waals surface area (Å²) < 4.78 is 0. The van der Waals surface area contributed by atoms with Crippen molar-refractivity contribution in [2.24, 2.45) is 5.92 Å². The Morgan fingerprint density at radius 1 is 1.14 bits per heavy atom. The number of hydrogen-bond donors (Lipinski definition) is 1. The van der Waals surface area contributed by atoms with E-state index in [2.05, 4.69) is 6.92 Å². The molecule has 0 aromatic carbocycles. The van der Waals surface area contributed by atoms with Gasteiger partial charge in [-0.05, 0) is 25.7 Å². The standard InChI is InChI=1S/C15H27N3O3/c1-3-4-13-5-6-18(11-13)15(21)17-9-7-16(8-10-17)12(2)14(19)20/h12-13H,3-11H2,1-2H3,(H,19,20). The number of hydrogen-bond acceptors (Lipinski definition) is 3. The average molecular weight is 297 g/mol. The van der Waals surface area contributed by atoms with Gasteiger partial charge in [0.25, 0.3) is 0 Å². The molecule has 2 rings (SSSR count). The van der Waals surface area contributed by atoms with Crippen LogP contribution in [0.25, 0.3) is 0 Å². The lowest BCUT2D eigenvalue weighted by Crippen LogP contribution is -2.55. The zero-order valence-corrected chi connectivity index (χ0v) is 13.1. The van der Waals surface area contributed by atoms with E-state index in [0.29, 0.717) is 32.1 Å². The zero-order chi connectivity index (χ0) is 15.4. The third-order valence-corrected chi connectivity index (χ3v) is 4.74. The first kappa shape index (κ1) is 16.1. The highest BCUT2D eigenvalue weighted by Gasteiger charge is 2.32. The molecule has 2 aliphatic rings. The smallest absolute Gasteiger partial charge is 0.320 e. The van der Waals surface area contributed by atoms with Gasteiger partial charge in [-0.25, -0.2) is 4.79 Å². The Hall–Kier alpha value is -1.30. The molecule has 0 bridgehead atoms. The van der Waals surface area contributed by atoms with Gasteiger partial charge >= 0.3 is 12.0 Å². The SMILES string of the molecule is CCCC1CCN(C(=O)N2CCN(C(C)C(=O)O)CC2)C1. The first-order valence-corrected chi connectivity index (χ1v) is 8.03. The Kier molecular flexibility index (Phi) is 5.45. The van der Waals surface area contributed by atoms with Crippen LogP contribution in [-0.2, 0) is 4.79 Å². The number of aliphatic carboxylic acids is 1. The van der Waals surface area contributed by atoms with Crippen LogP contribution < -0.4 is 0 Å². The molecular weight excluding hydrogens is 270 g/mol. The largest absolute Gasteiger partial charge is 0.480 e. The van der Waals surface area contributed by atoms with Gasteiger partial charge in [-0.1, -0.05) is 13.3 Å². The second-order valence-corrected chi connectivity index (χ2v) is 6.21. The molecule has 0 saturated carbocycles. The highest BCUT2D eigenvalue weighted by Crippen LogP contribution is 2.22. The molecule has 2 aliphatic heterocycles. The van der Waals surface area contributed by atoms with Crippen LogP contribution in [0.3, 0.4) is 0 Å². The van der Waals surface area contributed by atoms with Gasteiger partial charge in [-0.15, -0.1) is 0 Å². The molecule has 6 heteroatoms. The predicted molar refractivity (Wildman–Crippen MR) is 80.2 cm³/mol. The van der Waals surface area contributed by atoms with Crippen molar-refractivity contribution in [2.75, 3.05) is 39.3 Å². The summed E-state index contributed by atoms with van der Waals surface area (Å²) in [6.07, 6.45) is 3.50. The summed E-state index contributed by atoms with van der Waals surface area (Å²) in [5, 5.41) is 9.03. The predicted octanol–water partition coefficient (Wildman–Crippen LogP) is 1.32. The van der Waals surface area contributed by atoms with Gasteiger partial charge in [-0.3, -0.25) is 9.69 Å². The second kappa shape index (κ2) is 7.11. The molecule has 2 saturated heterocycles. The van der Waals surface area contributed by atoms with E-state index in [9.17, 15) is 9.59 Å². The van der Waals surface area contributed by atoms with Gasteiger partial charge in [0, 0.05) is 39.3 Å². The van der Waals surface area contributed by atoms with Crippen LogP contribution in [0.1, 0.15) is 33.1 Å². The summed E-state index contributed by atoms with van der Waals surface area (Å²) in [6.45, 7) is 8.20. The molecule has 0 radical (unpaired) electrons. The van der Waals surface area contributed by atoms with E-state index in [1.165, 1.54) is 12.8 Å². The van der Waals surface area contributed by atoms with E-state index < -0.39 is 12.0 Å². The van der Waals surface area contributed by atoms with Gasteiger partial charge in [0.15, 0.2) is 0 Å². The minimum atomic E-state index is -0.795. The average Bonchev–Trinajstić information content (AvgIpc) is 2.95. The lowest BCUT2D eigenvalue weighted by Gasteiger charge is -2.38. The van der Waals surface area contributed by atoms with Crippen molar-refractivity contribution >= 4 is 12.0 Å². The van der Waals surface area contributed by atoms with Crippen LogP contribution >= 0.6 is 0 Å². The number of likely N-dealkylation sites (tertiary alicyclic amines) is 1. The molecule has 0 spiro atoms. The summed E-state index contributed by atoms with van der Waals surface area (Å²) in [5.41, 5.74) is 0. The number of urea groups is 1. The Bertz CT molecular complexity index is 380. The third kappa shape index (κ3) is 3.87. The number of nitrogens with zero attached hydrogens (tertiary/aromatic N) is 3. The van der Waals surface area contributed by atoms with Crippen molar-refractivity contribution in [2.45, 2.75) is 39.2 Å². The van der Waals surface area contributed by atoms with Crippen LogP contribution in [0.4, 0.5) is 4.79 Å². The Morgan fingerprint density at radius 2 is 1.81 bits per heavy atom. The van der Waals surface area contributed by atoms with Crippen LogP contribution in [-0.4, -0.2) is 77.1 Å². The maximum absolute atomic E-state index is 12.5.